The van der Waals surface area contributed by atoms with Crippen LogP contribution >= 0.6 is 46.4 Å². The number of carbonyl (C=O) groups excluding carboxylic acids is 2. The van der Waals surface area contributed by atoms with Crippen molar-refractivity contribution in [2.24, 2.45) is 5.92 Å². The Morgan fingerprint density at radius 3 is 1.50 bits per heavy atom. The number of fused-ring (bicyclic) bond motifs is 2. The van der Waals surface area contributed by atoms with Crippen molar-refractivity contribution in [2.75, 3.05) is 108 Å². The van der Waals surface area contributed by atoms with E-state index in [1.807, 2.05) is 4.90 Å². The van der Waals surface area contributed by atoms with Crippen molar-refractivity contribution in [3.63, 3.8) is 0 Å². The fourth-order valence-corrected chi connectivity index (χ4v) is 10.9. The Hall–Kier alpha value is -6.93. The minimum Gasteiger partial charge on any atom is -0.495 e. The molecule has 0 saturated carbocycles. The zero-order valence-electron chi connectivity index (χ0n) is 43.0. The van der Waals surface area contributed by atoms with Crippen LogP contribution in [-0.2, 0) is 23.8 Å². The maximum absolute atomic E-state index is 13.9. The van der Waals surface area contributed by atoms with Gasteiger partial charge in [0.15, 0.2) is 11.6 Å². The van der Waals surface area contributed by atoms with Crippen molar-refractivity contribution in [3.8, 4) is 45.5 Å². The predicted molar refractivity (Wildman–Crippen MR) is 295 cm³/mol. The summed E-state index contributed by atoms with van der Waals surface area (Å²) >= 11 is 27.8. The second-order valence-corrected chi connectivity index (χ2v) is 20.4. The van der Waals surface area contributed by atoms with Gasteiger partial charge >= 0.3 is 6.18 Å². The summed E-state index contributed by atoms with van der Waals surface area (Å²) in [5, 5.41) is 13.7. The number of pyridine rings is 2. The number of ether oxygens (including phenoxy) is 7. The third-order valence-corrected chi connectivity index (χ3v) is 15.3. The van der Waals surface area contributed by atoms with Crippen LogP contribution in [-0.4, -0.2) is 165 Å². The lowest BCUT2D eigenvalue weighted by Gasteiger charge is -2.41. The molecule has 4 N–H and O–H groups in total. The molecule has 422 valence electrons. The van der Waals surface area contributed by atoms with Crippen molar-refractivity contribution in [3.05, 3.63) is 82.1 Å². The number of carbonyl (C=O) groups is 2. The van der Waals surface area contributed by atoms with Crippen LogP contribution in [0.15, 0.2) is 62.0 Å². The highest BCUT2D eigenvalue weighted by molar-refractivity contribution is 6.42. The number of nitrogens with one attached hydrogen (secondary N) is 4. The number of rotatable bonds is 20. The molecule has 0 radical (unpaired) electrons. The van der Waals surface area contributed by atoms with Crippen LogP contribution in [0.1, 0.15) is 0 Å². The van der Waals surface area contributed by atoms with E-state index in [2.05, 4.69) is 44.4 Å². The van der Waals surface area contributed by atoms with Crippen LogP contribution < -0.4 is 50.0 Å². The molecule has 0 bridgehead atoms. The number of nitrogens with zero attached hydrogens (tertiary/aromatic N) is 8. The lowest BCUT2D eigenvalue weighted by Crippen LogP contribution is -2.53. The number of hydrogen-bond donors (Lipinski definition) is 4. The molecule has 6 aromatic rings. The molecule has 8 heterocycles. The van der Waals surface area contributed by atoms with Gasteiger partial charge in [-0.05, 0) is 24.3 Å². The molecule has 0 aliphatic carbocycles. The average Bonchev–Trinajstić information content (AvgIpc) is 4.08. The largest absolute Gasteiger partial charge is 0.495 e. The number of amides is 2. The van der Waals surface area contributed by atoms with Gasteiger partial charge in [-0.3, -0.25) is 9.59 Å². The predicted octanol–water partition coefficient (Wildman–Crippen LogP) is 7.58. The summed E-state index contributed by atoms with van der Waals surface area (Å²) in [5.74, 6) is -0.284. The molecule has 4 saturated heterocycles. The quantitative estimate of drug-likeness (QED) is 0.0426. The minimum atomic E-state index is -4.43. The van der Waals surface area contributed by atoms with E-state index in [-0.39, 0.29) is 142 Å². The van der Waals surface area contributed by atoms with Crippen LogP contribution in [0.4, 0.5) is 36.7 Å². The molecule has 4 aliphatic rings. The molecule has 21 nitrogen and oxygen atoms in total. The van der Waals surface area contributed by atoms with Crippen LogP contribution in [0.2, 0.25) is 20.1 Å². The highest BCUT2D eigenvalue weighted by Gasteiger charge is 2.48. The normalized spacial score (nSPS) is 19.3. The first-order valence-corrected chi connectivity index (χ1v) is 26.4. The zero-order chi connectivity index (χ0) is 56.6. The van der Waals surface area contributed by atoms with Crippen LogP contribution in [0.3, 0.4) is 0 Å². The SMILES string of the molecule is C=CC(=O)N[C@H]1COC[C@H]1Nc1ncc2cc(-c3c(Cl)c(OC)cc(OC)c3Cl)nc(N3CC(OCCOc4cc(OC)c(Cl)c(-c5cc6cnc(N[C@@H]7COC[C@@H]7NC(=O)C=C)nc6c(N6CC(C(F)(F)F)C6)n5)c4Cl)C3)c2n1. The molecule has 0 unspecified atom stereocenters. The highest BCUT2D eigenvalue weighted by Crippen LogP contribution is 2.49. The number of benzene rings is 2. The van der Waals surface area contributed by atoms with E-state index >= 15 is 0 Å². The summed E-state index contributed by atoms with van der Waals surface area (Å²) in [7, 11) is 4.37. The standard InChI is InChI=1S/C52H51Cl4F3N12O9/c1-6-38(72)62-30-20-77-22-32(30)66-50-60-14-24-11-29(64-48(46(24)68-50)70-16-26(17-70)52(57,58)59)41-44(55)36(76-5)13-37(45(41)56)80-9-8-79-27-18-71(19-27)49-47-25(10-28(65-49)40-42(53)34(74-3)12-35(75-4)43(40)54)15-61-51(69-47)67-33-23-78-21-31(33)63-39(73)7-2/h6-7,10-15,26-27,30-33H,1-2,8-9,16-23H2,3-5H3,(H,62,72)(H,63,73)(H,60,66,68)(H,61,67,69)/t30-,31-,32+,33+/m0/s1. The molecule has 0 spiro atoms. The summed E-state index contributed by atoms with van der Waals surface area (Å²) in [6, 6.07) is 4.94. The summed E-state index contributed by atoms with van der Waals surface area (Å²) in [6.07, 6.45) is 0.778. The molecule has 2 aromatic carbocycles. The fourth-order valence-electron chi connectivity index (χ4n) is 9.49. The number of methoxy groups -OCH3 is 3. The Morgan fingerprint density at radius 1 is 0.637 bits per heavy atom. The molecule has 4 aromatic heterocycles. The number of alkyl halides is 3. The van der Waals surface area contributed by atoms with E-state index in [0.29, 0.717) is 64.6 Å². The second-order valence-electron chi connectivity index (χ2n) is 18.9. The topological polar surface area (TPSA) is 231 Å². The first-order chi connectivity index (χ1) is 38.5. The second kappa shape index (κ2) is 23.6. The minimum absolute atomic E-state index is 0.0178. The van der Waals surface area contributed by atoms with Gasteiger partial charge in [-0.2, -0.15) is 13.2 Å². The van der Waals surface area contributed by atoms with Gasteiger partial charge < -0.3 is 64.2 Å². The van der Waals surface area contributed by atoms with Crippen LogP contribution in [0, 0.1) is 5.92 Å². The van der Waals surface area contributed by atoms with Crippen LogP contribution in [0.5, 0.6) is 23.0 Å². The molecule has 80 heavy (non-hydrogen) atoms. The Bertz CT molecular complexity index is 3370. The maximum atomic E-state index is 13.9. The highest BCUT2D eigenvalue weighted by atomic mass is 35.5. The average molecular weight is 1190 g/mol. The smallest absolute Gasteiger partial charge is 0.395 e. The Kier molecular flexibility index (Phi) is 16.7. The summed E-state index contributed by atoms with van der Waals surface area (Å²) in [4.78, 5) is 56.3. The molecular formula is C52H51Cl4F3N12O9. The third-order valence-electron chi connectivity index (χ3n) is 13.8. The molecule has 4 aliphatic heterocycles. The fraction of sp³-hybridized carbons (Fsp3) is 0.385. The van der Waals surface area contributed by atoms with Gasteiger partial charge in [0.2, 0.25) is 23.7 Å². The molecule has 2 amide bonds. The van der Waals surface area contributed by atoms with Gasteiger partial charge in [-0.1, -0.05) is 59.6 Å². The molecule has 4 fully saturated rings. The number of halogens is 7. The van der Waals surface area contributed by atoms with Crippen molar-refractivity contribution in [1.29, 1.82) is 0 Å². The number of anilines is 4. The Morgan fingerprint density at radius 2 is 1.06 bits per heavy atom. The van der Waals surface area contributed by atoms with E-state index in [1.165, 1.54) is 44.6 Å². The molecule has 28 heteroatoms. The molecular weight excluding hydrogens is 1140 g/mol. The van der Waals surface area contributed by atoms with Gasteiger partial charge in [0.1, 0.15) is 40.6 Å². The number of aromatic nitrogens is 6. The van der Waals surface area contributed by atoms with E-state index in [0.717, 1.165) is 6.08 Å². The van der Waals surface area contributed by atoms with Crippen LogP contribution in [0.25, 0.3) is 44.3 Å². The summed E-state index contributed by atoms with van der Waals surface area (Å²) in [5.41, 5.74) is 1.91. The molecule has 4 atom stereocenters. The molecule has 10 rings (SSSR count). The van der Waals surface area contributed by atoms with E-state index < -0.39 is 24.2 Å². The van der Waals surface area contributed by atoms with Gasteiger partial charge in [0.05, 0.1) is 122 Å². The first-order valence-electron chi connectivity index (χ1n) is 24.9. The van der Waals surface area contributed by atoms with E-state index in [1.54, 1.807) is 24.4 Å². The summed E-state index contributed by atoms with van der Waals surface area (Å²) in [6.45, 7) is 8.24. The Balaban J connectivity index is 0.876. The van der Waals surface area contributed by atoms with Gasteiger partial charge in [0, 0.05) is 72.6 Å². The van der Waals surface area contributed by atoms with Gasteiger partial charge in [-0.25, -0.2) is 29.9 Å². The van der Waals surface area contributed by atoms with Crippen molar-refractivity contribution in [1.82, 2.24) is 40.5 Å². The van der Waals surface area contributed by atoms with Crippen molar-refractivity contribution >= 4 is 104 Å². The summed E-state index contributed by atoms with van der Waals surface area (Å²) < 4.78 is 82.1. The monoisotopic (exact) mass is 1180 g/mol. The third kappa shape index (κ3) is 11.5. The van der Waals surface area contributed by atoms with Gasteiger partial charge in [-0.15, -0.1) is 0 Å². The lowest BCUT2D eigenvalue weighted by atomic mass is 9.99. The van der Waals surface area contributed by atoms with Crippen molar-refractivity contribution in [2.45, 2.75) is 36.4 Å². The Labute approximate surface area is 475 Å². The lowest BCUT2D eigenvalue weighted by molar-refractivity contribution is -0.180. The van der Waals surface area contributed by atoms with E-state index in [4.69, 9.17) is 99.5 Å². The van der Waals surface area contributed by atoms with Crippen molar-refractivity contribution < 1.29 is 55.9 Å². The van der Waals surface area contributed by atoms with Gasteiger partial charge in [0.25, 0.3) is 0 Å². The maximum Gasteiger partial charge on any atom is 0.395 e. The van der Waals surface area contributed by atoms with E-state index in [9.17, 15) is 22.8 Å². The number of hydrogen-bond acceptors (Lipinski definition) is 19. The zero-order valence-corrected chi connectivity index (χ0v) is 46.0. The first kappa shape index (κ1) is 56.3.